The van der Waals surface area contributed by atoms with E-state index in [4.69, 9.17) is 10.5 Å². The minimum absolute atomic E-state index is 0.278. The standard InChI is InChI=1S/C16H27N3O/c1-11(2)8-9-20-14-6-4-13(5-7-14)16-15(10-17)12(3)18-19-16/h4-7,11-12,15-16,18-19H,8-10,17H2,1-3H3. The van der Waals surface area contributed by atoms with E-state index < -0.39 is 0 Å². The first-order chi connectivity index (χ1) is 9.61. The third-order valence-electron chi connectivity index (χ3n) is 4.01. The van der Waals surface area contributed by atoms with Crippen LogP contribution >= 0.6 is 0 Å². The Hall–Kier alpha value is -1.10. The molecule has 0 bridgehead atoms. The number of ether oxygens (including phenoxy) is 1. The maximum absolute atomic E-state index is 5.87. The van der Waals surface area contributed by atoms with Gasteiger partial charge in [-0.2, -0.15) is 0 Å². The number of hydrogen-bond acceptors (Lipinski definition) is 4. The number of benzene rings is 1. The number of rotatable bonds is 6. The second-order valence-corrected chi connectivity index (χ2v) is 6.05. The molecule has 3 atom stereocenters. The van der Waals surface area contributed by atoms with Crippen LogP contribution in [0.4, 0.5) is 0 Å². The second-order valence-electron chi connectivity index (χ2n) is 6.05. The van der Waals surface area contributed by atoms with Crippen LogP contribution in [-0.2, 0) is 0 Å². The normalized spacial score (nSPS) is 26.1. The summed E-state index contributed by atoms with van der Waals surface area (Å²) in [4.78, 5) is 0. The molecule has 1 fully saturated rings. The van der Waals surface area contributed by atoms with Gasteiger partial charge in [0.25, 0.3) is 0 Å². The van der Waals surface area contributed by atoms with Gasteiger partial charge in [0.15, 0.2) is 0 Å². The zero-order valence-corrected chi connectivity index (χ0v) is 12.7. The van der Waals surface area contributed by atoms with Gasteiger partial charge in [-0.3, -0.25) is 5.43 Å². The zero-order chi connectivity index (χ0) is 14.5. The molecule has 4 heteroatoms. The van der Waals surface area contributed by atoms with Gasteiger partial charge in [0.2, 0.25) is 0 Å². The molecular weight excluding hydrogens is 250 g/mol. The third-order valence-corrected chi connectivity index (χ3v) is 4.01. The average molecular weight is 277 g/mol. The van der Waals surface area contributed by atoms with E-state index in [0.717, 1.165) is 18.8 Å². The molecule has 20 heavy (non-hydrogen) atoms. The van der Waals surface area contributed by atoms with E-state index in [1.54, 1.807) is 0 Å². The molecule has 1 aliphatic heterocycles. The Kier molecular flexibility index (Phi) is 5.40. The van der Waals surface area contributed by atoms with Crippen LogP contribution in [0.1, 0.15) is 38.8 Å². The topological polar surface area (TPSA) is 59.3 Å². The lowest BCUT2D eigenvalue weighted by atomic mass is 9.90. The predicted molar refractivity (Wildman–Crippen MR) is 82.4 cm³/mol. The quantitative estimate of drug-likeness (QED) is 0.746. The average Bonchev–Trinajstić information content (AvgIpc) is 2.80. The fourth-order valence-corrected chi connectivity index (χ4v) is 2.58. The molecule has 1 aliphatic rings. The van der Waals surface area contributed by atoms with Crippen molar-refractivity contribution in [3.05, 3.63) is 29.8 Å². The van der Waals surface area contributed by atoms with Crippen LogP contribution in [0.2, 0.25) is 0 Å². The number of nitrogens with two attached hydrogens (primary N) is 1. The van der Waals surface area contributed by atoms with Gasteiger partial charge in [-0.1, -0.05) is 26.0 Å². The van der Waals surface area contributed by atoms with Crippen molar-refractivity contribution in [1.82, 2.24) is 10.9 Å². The van der Waals surface area contributed by atoms with Crippen molar-refractivity contribution in [3.63, 3.8) is 0 Å². The second kappa shape index (κ2) is 7.07. The van der Waals surface area contributed by atoms with Crippen molar-refractivity contribution < 1.29 is 4.74 Å². The fraction of sp³-hybridized carbons (Fsp3) is 0.625. The molecule has 4 N–H and O–H groups in total. The lowest BCUT2D eigenvalue weighted by Gasteiger charge is -2.19. The first kappa shape index (κ1) is 15.3. The van der Waals surface area contributed by atoms with E-state index in [1.165, 1.54) is 5.56 Å². The van der Waals surface area contributed by atoms with Gasteiger partial charge in [-0.05, 0) is 43.5 Å². The number of hydrazine groups is 1. The van der Waals surface area contributed by atoms with Crippen molar-refractivity contribution in [3.8, 4) is 5.75 Å². The molecule has 112 valence electrons. The van der Waals surface area contributed by atoms with Gasteiger partial charge < -0.3 is 10.5 Å². The van der Waals surface area contributed by atoms with Gasteiger partial charge in [-0.15, -0.1) is 0 Å². The zero-order valence-electron chi connectivity index (χ0n) is 12.7. The maximum atomic E-state index is 5.87. The summed E-state index contributed by atoms with van der Waals surface area (Å²) in [5, 5.41) is 0. The van der Waals surface area contributed by atoms with Gasteiger partial charge in [0.05, 0.1) is 12.6 Å². The molecule has 2 rings (SSSR count). The Morgan fingerprint density at radius 1 is 1.20 bits per heavy atom. The van der Waals surface area contributed by atoms with E-state index in [9.17, 15) is 0 Å². The summed E-state index contributed by atoms with van der Waals surface area (Å²) in [7, 11) is 0. The highest BCUT2D eigenvalue weighted by molar-refractivity contribution is 5.30. The molecule has 0 saturated carbocycles. The van der Waals surface area contributed by atoms with Gasteiger partial charge >= 0.3 is 0 Å². The number of hydrogen-bond donors (Lipinski definition) is 3. The Bertz CT molecular complexity index is 405. The Labute approximate surface area is 122 Å². The summed E-state index contributed by atoms with van der Waals surface area (Å²) >= 11 is 0. The molecule has 0 amide bonds. The molecule has 3 unspecified atom stereocenters. The maximum Gasteiger partial charge on any atom is 0.119 e. The molecule has 0 aliphatic carbocycles. The van der Waals surface area contributed by atoms with Crippen LogP contribution in [0.3, 0.4) is 0 Å². The highest BCUT2D eigenvalue weighted by Crippen LogP contribution is 2.29. The molecule has 4 nitrogen and oxygen atoms in total. The SMILES string of the molecule is CC(C)CCOc1ccc(C2NNC(C)C2CN)cc1. The van der Waals surface area contributed by atoms with Crippen LogP contribution in [0.25, 0.3) is 0 Å². The van der Waals surface area contributed by atoms with E-state index in [0.29, 0.717) is 24.4 Å². The van der Waals surface area contributed by atoms with E-state index in [1.807, 2.05) is 12.1 Å². The van der Waals surface area contributed by atoms with Crippen molar-refractivity contribution in [2.24, 2.45) is 17.6 Å². The summed E-state index contributed by atoms with van der Waals surface area (Å²) in [6, 6.07) is 9.03. The molecule has 1 aromatic carbocycles. The van der Waals surface area contributed by atoms with Crippen molar-refractivity contribution in [2.45, 2.75) is 39.3 Å². The van der Waals surface area contributed by atoms with Crippen molar-refractivity contribution in [1.29, 1.82) is 0 Å². The van der Waals surface area contributed by atoms with Gasteiger partial charge in [-0.25, -0.2) is 5.43 Å². The highest BCUT2D eigenvalue weighted by Gasteiger charge is 2.32. The first-order valence-corrected chi connectivity index (χ1v) is 7.55. The predicted octanol–water partition coefficient (Wildman–Crippen LogP) is 2.22. The summed E-state index contributed by atoms with van der Waals surface area (Å²) in [6.07, 6.45) is 1.09. The molecule has 0 spiro atoms. The smallest absolute Gasteiger partial charge is 0.119 e. The lowest BCUT2D eigenvalue weighted by Crippen LogP contribution is -2.30. The Balaban J connectivity index is 1.94. The molecule has 1 heterocycles. The fourth-order valence-electron chi connectivity index (χ4n) is 2.58. The molecule has 0 aromatic heterocycles. The van der Waals surface area contributed by atoms with Crippen LogP contribution in [0, 0.1) is 11.8 Å². The first-order valence-electron chi connectivity index (χ1n) is 7.55. The number of nitrogens with one attached hydrogen (secondary N) is 2. The Morgan fingerprint density at radius 3 is 2.50 bits per heavy atom. The van der Waals surface area contributed by atoms with Crippen LogP contribution in [-0.4, -0.2) is 19.2 Å². The van der Waals surface area contributed by atoms with E-state index in [-0.39, 0.29) is 6.04 Å². The minimum Gasteiger partial charge on any atom is -0.494 e. The molecule has 0 radical (unpaired) electrons. The van der Waals surface area contributed by atoms with Crippen LogP contribution in [0.5, 0.6) is 5.75 Å². The van der Waals surface area contributed by atoms with E-state index >= 15 is 0 Å². The van der Waals surface area contributed by atoms with Gasteiger partial charge in [0.1, 0.15) is 5.75 Å². The van der Waals surface area contributed by atoms with Crippen molar-refractivity contribution in [2.75, 3.05) is 13.2 Å². The van der Waals surface area contributed by atoms with Crippen LogP contribution in [0.15, 0.2) is 24.3 Å². The summed E-state index contributed by atoms with van der Waals surface area (Å²) in [5.41, 5.74) is 13.7. The largest absolute Gasteiger partial charge is 0.494 e. The summed E-state index contributed by atoms with van der Waals surface area (Å²) < 4.78 is 5.75. The Morgan fingerprint density at radius 2 is 1.90 bits per heavy atom. The summed E-state index contributed by atoms with van der Waals surface area (Å²) in [5.74, 6) is 2.04. The third kappa shape index (κ3) is 3.72. The monoisotopic (exact) mass is 277 g/mol. The lowest BCUT2D eigenvalue weighted by molar-refractivity contribution is 0.289. The molecule has 1 aromatic rings. The van der Waals surface area contributed by atoms with Gasteiger partial charge in [0, 0.05) is 12.0 Å². The highest BCUT2D eigenvalue weighted by atomic mass is 16.5. The molecule has 1 saturated heterocycles. The van der Waals surface area contributed by atoms with Crippen LogP contribution < -0.4 is 21.3 Å². The minimum atomic E-state index is 0.278. The van der Waals surface area contributed by atoms with Crippen molar-refractivity contribution >= 4 is 0 Å². The van der Waals surface area contributed by atoms with E-state index in [2.05, 4.69) is 43.8 Å². The summed E-state index contributed by atoms with van der Waals surface area (Å²) in [6.45, 7) is 8.04. The molecular formula is C16H27N3O.